The van der Waals surface area contributed by atoms with Crippen LogP contribution in [-0.4, -0.2) is 22.8 Å². The minimum atomic E-state index is 0.254. The van der Waals surface area contributed by atoms with Crippen molar-refractivity contribution in [3.8, 4) is 6.07 Å². The Labute approximate surface area is 80.4 Å². The van der Waals surface area contributed by atoms with Gasteiger partial charge in [-0.05, 0) is 12.8 Å². The van der Waals surface area contributed by atoms with E-state index in [1.807, 2.05) is 5.06 Å². The first-order valence-electron chi connectivity index (χ1n) is 3.70. The molecule has 0 aliphatic carbocycles. The van der Waals surface area contributed by atoms with Crippen LogP contribution in [0.5, 0.6) is 0 Å². The maximum Gasteiger partial charge on any atom is 0.120 e. The van der Waals surface area contributed by atoms with Gasteiger partial charge in [0.05, 0.1) is 6.07 Å². The third-order valence-corrected chi connectivity index (χ3v) is 2.15. The molecule has 1 heterocycles. The van der Waals surface area contributed by atoms with E-state index >= 15 is 0 Å². The van der Waals surface area contributed by atoms with Crippen molar-refractivity contribution >= 4 is 22.6 Å². The van der Waals surface area contributed by atoms with Crippen molar-refractivity contribution in [2.24, 2.45) is 5.92 Å². The Balaban J connectivity index is 2.20. The molecular formula is C7H11IN2O. The molecule has 0 aromatic carbocycles. The molecule has 0 aromatic heterocycles. The summed E-state index contributed by atoms with van der Waals surface area (Å²) >= 11 is 2.18. The Morgan fingerprint density at radius 2 is 2.18 bits per heavy atom. The predicted octanol–water partition coefficient (Wildman–Crippen LogP) is 1.55. The highest BCUT2D eigenvalue weighted by atomic mass is 127. The van der Waals surface area contributed by atoms with Gasteiger partial charge in [0, 0.05) is 19.0 Å². The van der Waals surface area contributed by atoms with E-state index in [0.717, 1.165) is 25.9 Å². The molecule has 0 saturated carbocycles. The number of alkyl halides is 1. The fourth-order valence-electron chi connectivity index (χ4n) is 1.18. The molecular weight excluding hydrogens is 255 g/mol. The zero-order valence-corrected chi connectivity index (χ0v) is 8.45. The summed E-state index contributed by atoms with van der Waals surface area (Å²) in [4.78, 5) is 5.29. The van der Waals surface area contributed by atoms with Crippen LogP contribution in [0, 0.1) is 17.2 Å². The quantitative estimate of drug-likeness (QED) is 0.562. The van der Waals surface area contributed by atoms with Crippen LogP contribution in [0.2, 0.25) is 0 Å². The maximum absolute atomic E-state index is 8.60. The third kappa shape index (κ3) is 2.93. The molecule has 1 aliphatic rings. The van der Waals surface area contributed by atoms with Gasteiger partial charge in [-0.2, -0.15) is 10.3 Å². The van der Waals surface area contributed by atoms with Crippen LogP contribution in [0.1, 0.15) is 12.8 Å². The normalized spacial score (nSPS) is 21.5. The van der Waals surface area contributed by atoms with Crippen molar-refractivity contribution < 1.29 is 4.84 Å². The minimum Gasteiger partial charge on any atom is -0.288 e. The van der Waals surface area contributed by atoms with E-state index in [-0.39, 0.29) is 5.92 Å². The second-order valence-corrected chi connectivity index (χ2v) is 3.19. The Morgan fingerprint density at radius 3 is 2.64 bits per heavy atom. The van der Waals surface area contributed by atoms with E-state index in [0.29, 0.717) is 4.61 Å². The van der Waals surface area contributed by atoms with Crippen LogP contribution in [0.3, 0.4) is 0 Å². The molecule has 0 unspecified atom stereocenters. The van der Waals surface area contributed by atoms with Gasteiger partial charge >= 0.3 is 0 Å². The van der Waals surface area contributed by atoms with Gasteiger partial charge in [-0.25, -0.2) is 0 Å². The molecule has 1 saturated heterocycles. The summed E-state index contributed by atoms with van der Waals surface area (Å²) in [5.74, 6) is 0.254. The second-order valence-electron chi connectivity index (χ2n) is 2.57. The SMILES string of the molecule is N#CC1CCN(OCI)CC1. The van der Waals surface area contributed by atoms with Crippen molar-refractivity contribution in [3.05, 3.63) is 0 Å². The Bertz CT molecular complexity index is 149. The molecule has 0 radical (unpaired) electrons. The lowest BCUT2D eigenvalue weighted by molar-refractivity contribution is -0.148. The highest BCUT2D eigenvalue weighted by molar-refractivity contribution is 14.1. The number of rotatable bonds is 2. The average molecular weight is 266 g/mol. The monoisotopic (exact) mass is 266 g/mol. The van der Waals surface area contributed by atoms with E-state index in [9.17, 15) is 0 Å². The Kier molecular flexibility index (Phi) is 4.12. The third-order valence-electron chi connectivity index (χ3n) is 1.87. The zero-order chi connectivity index (χ0) is 8.10. The Hall–Kier alpha value is 0.140. The number of hydrogen-bond donors (Lipinski definition) is 0. The van der Waals surface area contributed by atoms with Crippen LogP contribution in [-0.2, 0) is 4.84 Å². The number of halogens is 1. The fraction of sp³-hybridized carbons (Fsp3) is 0.857. The fourth-order valence-corrected chi connectivity index (χ4v) is 1.58. The van der Waals surface area contributed by atoms with E-state index in [1.54, 1.807) is 0 Å². The lowest BCUT2D eigenvalue weighted by Crippen LogP contribution is -2.32. The van der Waals surface area contributed by atoms with Gasteiger partial charge in [-0.1, -0.05) is 22.6 Å². The van der Waals surface area contributed by atoms with E-state index in [4.69, 9.17) is 10.1 Å². The van der Waals surface area contributed by atoms with Gasteiger partial charge in [-0.3, -0.25) is 4.84 Å². The first-order chi connectivity index (χ1) is 5.36. The summed E-state index contributed by atoms with van der Waals surface area (Å²) in [6.45, 7) is 1.81. The van der Waals surface area contributed by atoms with Gasteiger partial charge in [0.2, 0.25) is 0 Å². The van der Waals surface area contributed by atoms with Crippen molar-refractivity contribution in [2.45, 2.75) is 12.8 Å². The van der Waals surface area contributed by atoms with E-state index in [1.165, 1.54) is 0 Å². The standard InChI is InChI=1S/C7H11IN2O/c8-6-11-10-3-1-7(5-9)2-4-10/h7H,1-4,6H2. The molecule has 1 aliphatic heterocycles. The van der Waals surface area contributed by atoms with Gasteiger partial charge in [-0.15, -0.1) is 0 Å². The van der Waals surface area contributed by atoms with Gasteiger partial charge < -0.3 is 0 Å². The summed E-state index contributed by atoms with van der Waals surface area (Å²) in [6.07, 6.45) is 1.90. The molecule has 1 fully saturated rings. The van der Waals surface area contributed by atoms with Crippen LogP contribution in [0.4, 0.5) is 0 Å². The van der Waals surface area contributed by atoms with Crippen molar-refractivity contribution in [1.82, 2.24) is 5.06 Å². The smallest absolute Gasteiger partial charge is 0.120 e. The molecule has 0 atom stereocenters. The van der Waals surface area contributed by atoms with E-state index < -0.39 is 0 Å². The van der Waals surface area contributed by atoms with Crippen molar-refractivity contribution in [3.63, 3.8) is 0 Å². The first-order valence-corrected chi connectivity index (χ1v) is 5.23. The number of piperidine rings is 1. The van der Waals surface area contributed by atoms with Gasteiger partial charge in [0.25, 0.3) is 0 Å². The van der Waals surface area contributed by atoms with Crippen molar-refractivity contribution in [2.75, 3.05) is 17.7 Å². The van der Waals surface area contributed by atoms with Crippen LogP contribution in [0.25, 0.3) is 0 Å². The topological polar surface area (TPSA) is 36.3 Å². The van der Waals surface area contributed by atoms with Gasteiger partial charge in [0.1, 0.15) is 4.61 Å². The van der Waals surface area contributed by atoms with Crippen LogP contribution >= 0.6 is 22.6 Å². The highest BCUT2D eigenvalue weighted by Gasteiger charge is 2.18. The largest absolute Gasteiger partial charge is 0.288 e. The minimum absolute atomic E-state index is 0.254. The molecule has 0 spiro atoms. The summed E-state index contributed by atoms with van der Waals surface area (Å²) in [6, 6.07) is 2.28. The molecule has 11 heavy (non-hydrogen) atoms. The molecule has 1 rings (SSSR count). The van der Waals surface area contributed by atoms with Gasteiger partial charge in [0.15, 0.2) is 0 Å². The highest BCUT2D eigenvalue weighted by Crippen LogP contribution is 2.16. The summed E-state index contributed by atoms with van der Waals surface area (Å²) in [5, 5.41) is 10.5. The predicted molar refractivity (Wildman–Crippen MR) is 49.9 cm³/mol. The average Bonchev–Trinajstić information content (AvgIpc) is 2.07. The zero-order valence-electron chi connectivity index (χ0n) is 6.29. The number of nitrogens with zero attached hydrogens (tertiary/aromatic N) is 2. The molecule has 3 nitrogen and oxygen atoms in total. The molecule has 0 amide bonds. The van der Waals surface area contributed by atoms with E-state index in [2.05, 4.69) is 28.7 Å². The van der Waals surface area contributed by atoms with Crippen LogP contribution in [0.15, 0.2) is 0 Å². The number of hydrogen-bond acceptors (Lipinski definition) is 3. The molecule has 4 heteroatoms. The summed E-state index contributed by atoms with van der Waals surface area (Å²) in [7, 11) is 0. The lowest BCUT2D eigenvalue weighted by Gasteiger charge is -2.27. The second kappa shape index (κ2) is 4.91. The van der Waals surface area contributed by atoms with Crippen molar-refractivity contribution in [1.29, 1.82) is 5.26 Å². The molecule has 0 N–H and O–H groups in total. The molecule has 62 valence electrons. The first kappa shape index (κ1) is 9.23. The summed E-state index contributed by atoms with van der Waals surface area (Å²) in [5.41, 5.74) is 0. The molecule has 0 aromatic rings. The van der Waals surface area contributed by atoms with Crippen LogP contribution < -0.4 is 0 Å². The Morgan fingerprint density at radius 1 is 1.55 bits per heavy atom. The number of hydroxylamine groups is 2. The summed E-state index contributed by atoms with van der Waals surface area (Å²) < 4.78 is 0.703. The maximum atomic E-state index is 8.60. The lowest BCUT2D eigenvalue weighted by atomic mass is 10.0. The number of nitriles is 1. The molecule has 0 bridgehead atoms.